The highest BCUT2D eigenvalue weighted by atomic mass is 79.9. The van der Waals surface area contributed by atoms with Crippen LogP contribution in [0.3, 0.4) is 0 Å². The number of nitrogens with one attached hydrogen (secondary N) is 1. The Kier molecular flexibility index (Phi) is 7.28. The number of carbonyl (C=O) groups is 1. The Morgan fingerprint density at radius 3 is 2.65 bits per heavy atom. The van der Waals surface area contributed by atoms with Gasteiger partial charge >= 0.3 is 0 Å². The summed E-state index contributed by atoms with van der Waals surface area (Å²) in [5.74, 6) is 0.161. The first-order chi connectivity index (χ1) is 12.5. The molecule has 1 amide bonds. The van der Waals surface area contributed by atoms with Gasteiger partial charge in [-0.3, -0.25) is 14.9 Å². The second-order valence-corrected chi connectivity index (χ2v) is 6.31. The minimum Gasteiger partial charge on any atom is -0.481 e. The molecule has 0 heterocycles. The third-order valence-electron chi connectivity index (χ3n) is 3.45. The number of benzene rings is 2. The molecule has 2 rings (SSSR count). The predicted molar refractivity (Wildman–Crippen MR) is 102 cm³/mol. The molecule has 0 saturated carbocycles. The van der Waals surface area contributed by atoms with Gasteiger partial charge in [0.2, 0.25) is 0 Å². The number of rotatable bonds is 8. The van der Waals surface area contributed by atoms with Gasteiger partial charge < -0.3 is 4.74 Å². The average molecular weight is 420 g/mol. The Morgan fingerprint density at radius 2 is 2.00 bits per heavy atom. The van der Waals surface area contributed by atoms with Crippen LogP contribution >= 0.6 is 15.9 Å². The van der Waals surface area contributed by atoms with Crippen molar-refractivity contribution in [3.63, 3.8) is 0 Å². The van der Waals surface area contributed by atoms with Crippen molar-refractivity contribution < 1.29 is 14.5 Å². The second kappa shape index (κ2) is 9.67. The maximum Gasteiger partial charge on any atom is 0.281 e. The summed E-state index contributed by atoms with van der Waals surface area (Å²) in [5.41, 5.74) is 2.61. The zero-order valence-electron chi connectivity index (χ0n) is 14.1. The summed E-state index contributed by atoms with van der Waals surface area (Å²) in [6, 6.07) is 13.3. The lowest BCUT2D eigenvalue weighted by Gasteiger charge is -2.16. The normalized spacial score (nSPS) is 11.9. The van der Waals surface area contributed by atoms with E-state index in [1.165, 1.54) is 12.3 Å². The minimum atomic E-state index is -0.705. The zero-order valence-corrected chi connectivity index (χ0v) is 15.7. The van der Waals surface area contributed by atoms with Crippen molar-refractivity contribution >= 4 is 33.7 Å². The number of nitro benzene ring substituents is 1. The van der Waals surface area contributed by atoms with Crippen molar-refractivity contribution in [1.82, 2.24) is 5.43 Å². The number of nitrogens with zero attached hydrogens (tertiary/aromatic N) is 2. The average Bonchev–Trinajstić information content (AvgIpc) is 2.63. The van der Waals surface area contributed by atoms with E-state index in [1.807, 2.05) is 19.1 Å². The predicted octanol–water partition coefficient (Wildman–Crippen LogP) is 4.06. The van der Waals surface area contributed by atoms with Crippen molar-refractivity contribution in [1.29, 1.82) is 0 Å². The molecule has 7 nitrogen and oxygen atoms in total. The summed E-state index contributed by atoms with van der Waals surface area (Å²) < 4.78 is 6.63. The quantitative estimate of drug-likeness (QED) is 0.396. The lowest BCUT2D eigenvalue weighted by molar-refractivity contribution is -0.385. The number of hydrogen-bond acceptors (Lipinski definition) is 5. The topological polar surface area (TPSA) is 93.8 Å². The van der Waals surface area contributed by atoms with Gasteiger partial charge in [0.05, 0.1) is 16.7 Å². The Morgan fingerprint density at radius 1 is 1.31 bits per heavy atom. The van der Waals surface area contributed by atoms with Gasteiger partial charge in [0.15, 0.2) is 6.10 Å². The molecular formula is C18H18BrN3O4. The van der Waals surface area contributed by atoms with Crippen LogP contribution in [0, 0.1) is 10.1 Å². The molecule has 0 saturated heterocycles. The first kappa shape index (κ1) is 19.6. The summed E-state index contributed by atoms with van der Waals surface area (Å²) in [6.45, 7) is 1.95. The molecule has 26 heavy (non-hydrogen) atoms. The van der Waals surface area contributed by atoms with Crippen molar-refractivity contribution in [3.8, 4) is 5.75 Å². The van der Waals surface area contributed by atoms with Crippen LogP contribution in [0.5, 0.6) is 5.75 Å². The number of para-hydroxylation sites is 1. The summed E-state index contributed by atoms with van der Waals surface area (Å²) in [6.07, 6.45) is 1.81. The van der Waals surface area contributed by atoms with Crippen LogP contribution in [0.1, 0.15) is 25.3 Å². The number of amides is 1. The van der Waals surface area contributed by atoms with E-state index in [-0.39, 0.29) is 5.69 Å². The first-order valence-electron chi connectivity index (χ1n) is 7.99. The zero-order chi connectivity index (χ0) is 18.9. The van der Waals surface area contributed by atoms with Gasteiger partial charge in [-0.15, -0.1) is 0 Å². The van der Waals surface area contributed by atoms with E-state index in [4.69, 9.17) is 4.74 Å². The SMILES string of the molecule is CCC[C@@H](Oc1ccc(Br)cc1)C(=O)NN=Cc1ccccc1[N+](=O)[O-]. The standard InChI is InChI=1S/C18H18BrN3O4/c1-2-5-17(26-15-10-8-14(19)9-11-15)18(23)21-20-12-13-6-3-4-7-16(13)22(24)25/h3-4,6-12,17H,2,5H2,1H3,(H,21,23)/t17-/m1/s1. The highest BCUT2D eigenvalue weighted by Crippen LogP contribution is 2.19. The molecule has 0 radical (unpaired) electrons. The number of hydrogen-bond donors (Lipinski definition) is 1. The fraction of sp³-hybridized carbons (Fsp3) is 0.222. The van der Waals surface area contributed by atoms with Crippen LogP contribution in [0.4, 0.5) is 5.69 Å². The lowest BCUT2D eigenvalue weighted by Crippen LogP contribution is -2.35. The summed E-state index contributed by atoms with van der Waals surface area (Å²) in [5, 5.41) is 14.8. The van der Waals surface area contributed by atoms with Gasteiger partial charge in [-0.25, -0.2) is 5.43 Å². The van der Waals surface area contributed by atoms with Crippen LogP contribution in [0.15, 0.2) is 58.1 Å². The number of carbonyl (C=O) groups excluding carboxylic acids is 1. The van der Waals surface area contributed by atoms with Crippen molar-refractivity contribution in [3.05, 3.63) is 68.7 Å². The van der Waals surface area contributed by atoms with Crippen LogP contribution in [0.25, 0.3) is 0 Å². The highest BCUT2D eigenvalue weighted by Gasteiger charge is 2.19. The largest absolute Gasteiger partial charge is 0.481 e. The third-order valence-corrected chi connectivity index (χ3v) is 3.98. The molecule has 0 aliphatic rings. The van der Waals surface area contributed by atoms with Crippen LogP contribution in [-0.4, -0.2) is 23.1 Å². The third kappa shape index (κ3) is 5.66. The number of ether oxygens (including phenoxy) is 1. The molecule has 2 aromatic carbocycles. The van der Waals surface area contributed by atoms with Gasteiger partial charge in [0.1, 0.15) is 5.75 Å². The number of halogens is 1. The fourth-order valence-corrected chi connectivity index (χ4v) is 2.45. The Balaban J connectivity index is 2.03. The van der Waals surface area contributed by atoms with Crippen LogP contribution in [-0.2, 0) is 4.79 Å². The Bertz CT molecular complexity index is 793. The molecule has 0 fully saturated rings. The maximum absolute atomic E-state index is 12.3. The lowest BCUT2D eigenvalue weighted by atomic mass is 10.2. The van der Waals surface area contributed by atoms with Crippen LogP contribution in [0.2, 0.25) is 0 Å². The first-order valence-corrected chi connectivity index (χ1v) is 8.79. The molecule has 0 bridgehead atoms. The van der Waals surface area contributed by atoms with Gasteiger partial charge in [0.25, 0.3) is 11.6 Å². The molecule has 136 valence electrons. The van der Waals surface area contributed by atoms with Gasteiger partial charge in [-0.05, 0) is 36.8 Å². The molecular weight excluding hydrogens is 402 g/mol. The summed E-state index contributed by atoms with van der Waals surface area (Å²) >= 11 is 3.34. The molecule has 0 aliphatic carbocycles. The number of hydrazone groups is 1. The molecule has 0 aliphatic heterocycles. The van der Waals surface area contributed by atoms with E-state index in [9.17, 15) is 14.9 Å². The smallest absolute Gasteiger partial charge is 0.281 e. The van der Waals surface area contributed by atoms with Crippen molar-refractivity contribution in [2.45, 2.75) is 25.9 Å². The van der Waals surface area contributed by atoms with Crippen molar-refractivity contribution in [2.75, 3.05) is 0 Å². The second-order valence-electron chi connectivity index (χ2n) is 5.40. The summed E-state index contributed by atoms with van der Waals surface area (Å²) in [7, 11) is 0. The van der Waals surface area contributed by atoms with Crippen molar-refractivity contribution in [2.24, 2.45) is 5.10 Å². The molecule has 8 heteroatoms. The Labute approximate surface area is 159 Å². The molecule has 2 aromatic rings. The van der Waals surface area contributed by atoms with Gasteiger partial charge in [-0.1, -0.05) is 41.4 Å². The van der Waals surface area contributed by atoms with E-state index in [2.05, 4.69) is 26.5 Å². The van der Waals surface area contributed by atoms with Crippen LogP contribution < -0.4 is 10.2 Å². The van der Waals surface area contributed by atoms with E-state index >= 15 is 0 Å². The van der Waals surface area contributed by atoms with E-state index < -0.39 is 16.9 Å². The molecule has 0 aromatic heterocycles. The van der Waals surface area contributed by atoms with Gasteiger partial charge in [0, 0.05) is 10.5 Å². The molecule has 0 spiro atoms. The maximum atomic E-state index is 12.3. The molecule has 0 unspecified atom stereocenters. The van der Waals surface area contributed by atoms with E-state index in [0.717, 1.165) is 10.9 Å². The minimum absolute atomic E-state index is 0.0817. The number of nitro groups is 1. The Hall–Kier alpha value is -2.74. The summed E-state index contributed by atoms with van der Waals surface area (Å²) in [4.78, 5) is 22.8. The van der Waals surface area contributed by atoms with E-state index in [1.54, 1.807) is 30.3 Å². The highest BCUT2D eigenvalue weighted by molar-refractivity contribution is 9.10. The molecule has 1 atom stereocenters. The monoisotopic (exact) mass is 419 g/mol. The van der Waals surface area contributed by atoms with Gasteiger partial charge in [-0.2, -0.15) is 5.10 Å². The van der Waals surface area contributed by atoms with E-state index in [0.29, 0.717) is 17.7 Å². The molecule has 1 N–H and O–H groups in total. The fourth-order valence-electron chi connectivity index (χ4n) is 2.18.